The molecule has 1 aromatic carbocycles. The third-order valence-corrected chi connectivity index (χ3v) is 4.85. The van der Waals surface area contributed by atoms with Crippen molar-refractivity contribution in [1.82, 2.24) is 10.6 Å². The second kappa shape index (κ2) is 8.70. The number of rotatable bonds is 5. The zero-order valence-electron chi connectivity index (χ0n) is 14.2. The molecule has 126 valence electrons. The average molecular weight is 316 g/mol. The summed E-state index contributed by atoms with van der Waals surface area (Å²) in [6.45, 7) is 4.71. The molecule has 0 spiro atoms. The SMILES string of the molecule is CCc1ccc(CNC(=O)C(=O)NC2CCC(CC)CC2)cc1. The van der Waals surface area contributed by atoms with Gasteiger partial charge in [-0.1, -0.05) is 44.5 Å². The largest absolute Gasteiger partial charge is 0.345 e. The number of aryl methyl sites for hydroxylation is 1. The standard InChI is InChI=1S/C19H28N2O2/c1-3-14-5-7-16(8-6-14)13-20-18(22)19(23)21-17-11-9-15(4-2)10-12-17/h5-8,15,17H,3-4,9-13H2,1-2H3,(H,20,22)(H,21,23). The van der Waals surface area contributed by atoms with E-state index in [-0.39, 0.29) is 6.04 Å². The van der Waals surface area contributed by atoms with Gasteiger partial charge in [0.2, 0.25) is 0 Å². The molecule has 0 atom stereocenters. The molecule has 1 aliphatic carbocycles. The van der Waals surface area contributed by atoms with Crippen molar-refractivity contribution in [3.8, 4) is 0 Å². The molecule has 1 saturated carbocycles. The summed E-state index contributed by atoms with van der Waals surface area (Å²) in [4.78, 5) is 23.9. The van der Waals surface area contributed by atoms with E-state index in [0.717, 1.165) is 43.6 Å². The Morgan fingerprint density at radius 1 is 0.957 bits per heavy atom. The van der Waals surface area contributed by atoms with E-state index < -0.39 is 11.8 Å². The average Bonchev–Trinajstić information content (AvgIpc) is 2.60. The van der Waals surface area contributed by atoms with Gasteiger partial charge >= 0.3 is 11.8 Å². The highest BCUT2D eigenvalue weighted by molar-refractivity contribution is 6.35. The summed E-state index contributed by atoms with van der Waals surface area (Å²) in [5.41, 5.74) is 2.27. The minimum absolute atomic E-state index is 0.153. The van der Waals surface area contributed by atoms with Gasteiger partial charge in [0.1, 0.15) is 0 Å². The normalized spacial score (nSPS) is 20.8. The van der Waals surface area contributed by atoms with Crippen LogP contribution in [-0.2, 0) is 22.6 Å². The molecule has 0 heterocycles. The first-order valence-corrected chi connectivity index (χ1v) is 8.78. The Kier molecular flexibility index (Phi) is 6.63. The van der Waals surface area contributed by atoms with E-state index in [1.54, 1.807) is 0 Å². The summed E-state index contributed by atoms with van der Waals surface area (Å²) in [6, 6.07) is 8.23. The Morgan fingerprint density at radius 2 is 1.57 bits per heavy atom. The van der Waals surface area contributed by atoms with Crippen LogP contribution in [-0.4, -0.2) is 17.9 Å². The molecule has 0 bridgehead atoms. The molecule has 23 heavy (non-hydrogen) atoms. The molecule has 0 unspecified atom stereocenters. The molecule has 0 saturated heterocycles. The molecule has 4 heteroatoms. The van der Waals surface area contributed by atoms with Gasteiger partial charge in [-0.05, 0) is 49.1 Å². The first-order chi connectivity index (χ1) is 11.1. The van der Waals surface area contributed by atoms with Crippen molar-refractivity contribution < 1.29 is 9.59 Å². The van der Waals surface area contributed by atoms with E-state index >= 15 is 0 Å². The van der Waals surface area contributed by atoms with Gasteiger partial charge in [-0.3, -0.25) is 9.59 Å². The number of nitrogens with one attached hydrogen (secondary N) is 2. The topological polar surface area (TPSA) is 58.2 Å². The summed E-state index contributed by atoms with van der Waals surface area (Å²) in [5.74, 6) is -0.264. The Balaban J connectivity index is 1.73. The highest BCUT2D eigenvalue weighted by Crippen LogP contribution is 2.26. The fourth-order valence-electron chi connectivity index (χ4n) is 3.12. The highest BCUT2D eigenvalue weighted by Gasteiger charge is 2.23. The number of carbonyl (C=O) groups excluding carboxylic acids is 2. The van der Waals surface area contributed by atoms with Crippen molar-refractivity contribution in [3.05, 3.63) is 35.4 Å². The highest BCUT2D eigenvalue weighted by atomic mass is 16.2. The molecule has 0 aliphatic heterocycles. The van der Waals surface area contributed by atoms with Gasteiger partial charge in [0.15, 0.2) is 0 Å². The van der Waals surface area contributed by atoms with Crippen LogP contribution in [0.2, 0.25) is 0 Å². The molecule has 2 rings (SSSR count). The molecule has 2 N–H and O–H groups in total. The van der Waals surface area contributed by atoms with E-state index in [1.165, 1.54) is 12.0 Å². The van der Waals surface area contributed by atoms with Crippen LogP contribution in [0.1, 0.15) is 57.1 Å². The van der Waals surface area contributed by atoms with Crippen LogP contribution in [0.15, 0.2) is 24.3 Å². The van der Waals surface area contributed by atoms with Crippen molar-refractivity contribution in [1.29, 1.82) is 0 Å². The van der Waals surface area contributed by atoms with Gasteiger partial charge < -0.3 is 10.6 Å². The zero-order chi connectivity index (χ0) is 16.7. The third-order valence-electron chi connectivity index (χ3n) is 4.85. The van der Waals surface area contributed by atoms with E-state index in [2.05, 4.69) is 24.5 Å². The lowest BCUT2D eigenvalue weighted by Gasteiger charge is -2.28. The lowest BCUT2D eigenvalue weighted by molar-refractivity contribution is -0.139. The first-order valence-electron chi connectivity index (χ1n) is 8.78. The quantitative estimate of drug-likeness (QED) is 0.821. The Bertz CT molecular complexity index is 517. The van der Waals surface area contributed by atoms with Crippen LogP contribution in [0.4, 0.5) is 0 Å². The maximum absolute atomic E-state index is 12.0. The Morgan fingerprint density at radius 3 is 2.13 bits per heavy atom. The number of benzene rings is 1. The summed E-state index contributed by atoms with van der Waals surface area (Å²) in [5, 5.41) is 5.56. The summed E-state index contributed by atoms with van der Waals surface area (Å²) >= 11 is 0. The van der Waals surface area contributed by atoms with E-state index in [1.807, 2.05) is 24.3 Å². The van der Waals surface area contributed by atoms with Crippen LogP contribution in [0.25, 0.3) is 0 Å². The molecule has 1 fully saturated rings. The second-order valence-corrected chi connectivity index (χ2v) is 6.45. The van der Waals surface area contributed by atoms with Crippen molar-refractivity contribution in [3.63, 3.8) is 0 Å². The van der Waals surface area contributed by atoms with Gasteiger partial charge in [0.25, 0.3) is 0 Å². The predicted octanol–water partition coefficient (Wildman–Crippen LogP) is 2.95. The predicted molar refractivity (Wildman–Crippen MR) is 91.8 cm³/mol. The number of hydrogen-bond acceptors (Lipinski definition) is 2. The molecule has 0 aromatic heterocycles. The van der Waals surface area contributed by atoms with Crippen molar-refractivity contribution in [2.24, 2.45) is 5.92 Å². The summed E-state index contributed by atoms with van der Waals surface area (Å²) in [7, 11) is 0. The Labute approximate surface area is 139 Å². The monoisotopic (exact) mass is 316 g/mol. The maximum atomic E-state index is 12.0. The molecule has 1 aromatic rings. The maximum Gasteiger partial charge on any atom is 0.309 e. The minimum atomic E-state index is -0.540. The smallest absolute Gasteiger partial charge is 0.309 e. The van der Waals surface area contributed by atoms with Gasteiger partial charge in [0.05, 0.1) is 0 Å². The molecule has 2 amide bonds. The molecule has 0 radical (unpaired) electrons. The van der Waals surface area contributed by atoms with Crippen molar-refractivity contribution in [2.75, 3.05) is 0 Å². The first kappa shape index (κ1) is 17.5. The van der Waals surface area contributed by atoms with Crippen molar-refractivity contribution >= 4 is 11.8 Å². The zero-order valence-corrected chi connectivity index (χ0v) is 14.2. The summed E-state index contributed by atoms with van der Waals surface area (Å²) < 4.78 is 0. The molecule has 1 aliphatic rings. The Hall–Kier alpha value is -1.84. The number of carbonyl (C=O) groups is 2. The number of amides is 2. The molecular weight excluding hydrogens is 288 g/mol. The van der Waals surface area contributed by atoms with E-state index in [0.29, 0.717) is 6.54 Å². The van der Waals surface area contributed by atoms with Crippen LogP contribution >= 0.6 is 0 Å². The number of hydrogen-bond donors (Lipinski definition) is 2. The van der Waals surface area contributed by atoms with Crippen LogP contribution < -0.4 is 10.6 Å². The molecular formula is C19H28N2O2. The summed E-state index contributed by atoms with van der Waals surface area (Å²) in [6.07, 6.45) is 6.46. The fraction of sp³-hybridized carbons (Fsp3) is 0.579. The third kappa shape index (κ3) is 5.38. The van der Waals surface area contributed by atoms with Crippen LogP contribution in [0.3, 0.4) is 0 Å². The van der Waals surface area contributed by atoms with Gasteiger partial charge in [-0.25, -0.2) is 0 Å². The van der Waals surface area contributed by atoms with Crippen LogP contribution in [0.5, 0.6) is 0 Å². The van der Waals surface area contributed by atoms with Crippen LogP contribution in [0, 0.1) is 5.92 Å². The minimum Gasteiger partial charge on any atom is -0.345 e. The molecule has 4 nitrogen and oxygen atoms in total. The van der Waals surface area contributed by atoms with Crippen molar-refractivity contribution in [2.45, 2.75) is 65.0 Å². The fourth-order valence-corrected chi connectivity index (χ4v) is 3.12. The van der Waals surface area contributed by atoms with Gasteiger partial charge in [0, 0.05) is 12.6 Å². The van der Waals surface area contributed by atoms with E-state index in [9.17, 15) is 9.59 Å². The van der Waals surface area contributed by atoms with Gasteiger partial charge in [-0.15, -0.1) is 0 Å². The van der Waals surface area contributed by atoms with Gasteiger partial charge in [-0.2, -0.15) is 0 Å². The lowest BCUT2D eigenvalue weighted by Crippen LogP contribution is -2.45. The van der Waals surface area contributed by atoms with E-state index in [4.69, 9.17) is 0 Å². The second-order valence-electron chi connectivity index (χ2n) is 6.45. The lowest BCUT2D eigenvalue weighted by atomic mass is 9.84.